The summed E-state index contributed by atoms with van der Waals surface area (Å²) in [7, 11) is 1.37. The van der Waals surface area contributed by atoms with Gasteiger partial charge in [0.2, 0.25) is 5.91 Å². The Bertz CT molecular complexity index is 529. The topological polar surface area (TPSA) is 96.7 Å². The lowest BCUT2D eigenvalue weighted by molar-refractivity contribution is -0.385. The molecule has 1 aliphatic rings. The lowest BCUT2D eigenvalue weighted by Gasteiger charge is -2.26. The molecule has 1 saturated heterocycles. The molecule has 8 nitrogen and oxygen atoms in total. The summed E-state index contributed by atoms with van der Waals surface area (Å²) >= 11 is 0. The first-order valence-electron chi connectivity index (χ1n) is 6.65. The summed E-state index contributed by atoms with van der Waals surface area (Å²) in [4.78, 5) is 24.4. The molecule has 8 heteroatoms. The fourth-order valence-electron chi connectivity index (χ4n) is 2.18. The molecular weight excluding hydrogens is 276 g/mol. The molecular formula is C13H18N4O4. The van der Waals surface area contributed by atoms with Gasteiger partial charge in [0.1, 0.15) is 0 Å². The molecule has 0 spiro atoms. The Kier molecular flexibility index (Phi) is 5.07. The zero-order valence-electron chi connectivity index (χ0n) is 11.8. The van der Waals surface area contributed by atoms with Gasteiger partial charge in [0, 0.05) is 37.9 Å². The monoisotopic (exact) mass is 294 g/mol. The Hall–Kier alpha value is -2.19. The maximum Gasteiger partial charge on any atom is 0.312 e. The van der Waals surface area contributed by atoms with Crippen LogP contribution in [0.1, 0.15) is 0 Å². The van der Waals surface area contributed by atoms with Gasteiger partial charge in [0.25, 0.3) is 0 Å². The van der Waals surface area contributed by atoms with Crippen molar-refractivity contribution >= 4 is 17.3 Å². The molecule has 1 fully saturated rings. The second-order valence-electron chi connectivity index (χ2n) is 4.72. The maximum absolute atomic E-state index is 11.9. The highest BCUT2D eigenvalue weighted by molar-refractivity contribution is 5.92. The summed E-state index contributed by atoms with van der Waals surface area (Å²) < 4.78 is 4.92. The number of nitrogens with zero attached hydrogens (tertiary/aromatic N) is 2. The smallest absolute Gasteiger partial charge is 0.312 e. The Balaban J connectivity index is 2.00. The molecule has 1 heterocycles. The number of anilines is 1. The third-order valence-electron chi connectivity index (χ3n) is 3.24. The van der Waals surface area contributed by atoms with E-state index in [1.807, 2.05) is 4.90 Å². The van der Waals surface area contributed by atoms with Crippen molar-refractivity contribution < 1.29 is 14.5 Å². The van der Waals surface area contributed by atoms with Crippen LogP contribution in [-0.4, -0.2) is 55.6 Å². The number of nitro benzene ring substituents is 1. The molecule has 1 aromatic rings. The Morgan fingerprint density at radius 1 is 1.48 bits per heavy atom. The maximum atomic E-state index is 11.9. The first-order valence-corrected chi connectivity index (χ1v) is 6.65. The van der Waals surface area contributed by atoms with E-state index in [1.54, 1.807) is 6.07 Å². The minimum absolute atomic E-state index is 0.167. The van der Waals surface area contributed by atoms with Crippen LogP contribution in [0.25, 0.3) is 0 Å². The number of nitrogens with one attached hydrogen (secondary N) is 2. The van der Waals surface area contributed by atoms with Crippen molar-refractivity contribution in [2.45, 2.75) is 0 Å². The fourth-order valence-corrected chi connectivity index (χ4v) is 2.18. The minimum atomic E-state index is -0.537. The van der Waals surface area contributed by atoms with Crippen molar-refractivity contribution in [3.05, 3.63) is 28.3 Å². The van der Waals surface area contributed by atoms with E-state index in [1.165, 1.54) is 19.2 Å². The van der Waals surface area contributed by atoms with Crippen molar-refractivity contribution in [2.24, 2.45) is 0 Å². The van der Waals surface area contributed by atoms with E-state index in [0.29, 0.717) is 5.69 Å². The molecule has 0 aromatic heterocycles. The second-order valence-corrected chi connectivity index (χ2v) is 4.72. The van der Waals surface area contributed by atoms with Gasteiger partial charge in [0.15, 0.2) is 5.75 Å². The van der Waals surface area contributed by atoms with E-state index in [4.69, 9.17) is 4.74 Å². The van der Waals surface area contributed by atoms with Gasteiger partial charge in [-0.05, 0) is 12.1 Å². The lowest BCUT2D eigenvalue weighted by Crippen LogP contribution is -2.46. The average Bonchev–Trinajstić information content (AvgIpc) is 2.48. The molecule has 0 bridgehead atoms. The fraction of sp³-hybridized carbons (Fsp3) is 0.462. The zero-order chi connectivity index (χ0) is 15.2. The molecule has 2 rings (SSSR count). The van der Waals surface area contributed by atoms with E-state index in [2.05, 4.69) is 10.6 Å². The summed E-state index contributed by atoms with van der Waals surface area (Å²) in [5.41, 5.74) is 0.222. The lowest BCUT2D eigenvalue weighted by atomic mass is 10.2. The van der Waals surface area contributed by atoms with Gasteiger partial charge in [-0.1, -0.05) is 0 Å². The van der Waals surface area contributed by atoms with Crippen molar-refractivity contribution in [2.75, 3.05) is 45.2 Å². The van der Waals surface area contributed by atoms with Crippen LogP contribution in [-0.2, 0) is 4.79 Å². The largest absolute Gasteiger partial charge is 0.490 e. The first kappa shape index (κ1) is 15.2. The Labute approximate surface area is 122 Å². The number of rotatable bonds is 5. The van der Waals surface area contributed by atoms with Crippen LogP contribution in [0.3, 0.4) is 0 Å². The number of carbonyl (C=O) groups excluding carboxylic acids is 1. The normalized spacial score (nSPS) is 15.5. The predicted molar refractivity (Wildman–Crippen MR) is 77.6 cm³/mol. The van der Waals surface area contributed by atoms with E-state index in [9.17, 15) is 14.9 Å². The molecule has 0 radical (unpaired) electrons. The van der Waals surface area contributed by atoms with Crippen LogP contribution in [0.2, 0.25) is 0 Å². The predicted octanol–water partition coefficient (Wildman–Crippen LogP) is 0.447. The van der Waals surface area contributed by atoms with Crippen molar-refractivity contribution in [1.82, 2.24) is 10.2 Å². The van der Waals surface area contributed by atoms with E-state index in [0.717, 1.165) is 26.2 Å². The number of benzene rings is 1. The van der Waals surface area contributed by atoms with Gasteiger partial charge in [-0.15, -0.1) is 0 Å². The highest BCUT2D eigenvalue weighted by atomic mass is 16.6. The summed E-state index contributed by atoms with van der Waals surface area (Å²) in [5.74, 6) is -0.0172. The van der Waals surface area contributed by atoms with Crippen LogP contribution in [0, 0.1) is 10.1 Å². The third-order valence-corrected chi connectivity index (χ3v) is 3.24. The van der Waals surface area contributed by atoms with Crippen molar-refractivity contribution in [3.8, 4) is 5.75 Å². The van der Waals surface area contributed by atoms with Crippen LogP contribution in [0.15, 0.2) is 18.2 Å². The number of nitro groups is 1. The molecule has 0 unspecified atom stereocenters. The summed E-state index contributed by atoms with van der Waals surface area (Å²) in [6.45, 7) is 3.64. The van der Waals surface area contributed by atoms with E-state index in [-0.39, 0.29) is 23.9 Å². The van der Waals surface area contributed by atoms with Crippen LogP contribution in [0.5, 0.6) is 5.75 Å². The van der Waals surface area contributed by atoms with Crippen molar-refractivity contribution in [3.63, 3.8) is 0 Å². The second kappa shape index (κ2) is 7.00. The number of methoxy groups -OCH3 is 1. The molecule has 114 valence electrons. The van der Waals surface area contributed by atoms with Gasteiger partial charge >= 0.3 is 5.69 Å². The number of hydrogen-bond acceptors (Lipinski definition) is 6. The molecule has 21 heavy (non-hydrogen) atoms. The highest BCUT2D eigenvalue weighted by Crippen LogP contribution is 2.29. The van der Waals surface area contributed by atoms with Crippen LogP contribution >= 0.6 is 0 Å². The summed E-state index contributed by atoms with van der Waals surface area (Å²) in [6, 6.07) is 4.36. The van der Waals surface area contributed by atoms with Gasteiger partial charge in [0.05, 0.1) is 18.6 Å². The standard InChI is InChI=1S/C13H18N4O4/c1-21-12-3-2-10(8-11(12)17(19)20)15-13(18)9-16-6-4-14-5-7-16/h2-3,8,14H,4-7,9H2,1H3,(H,15,18). The third kappa shape index (κ3) is 4.14. The quantitative estimate of drug-likeness (QED) is 0.604. The van der Waals surface area contributed by atoms with E-state index >= 15 is 0 Å². The summed E-state index contributed by atoms with van der Waals surface area (Å²) in [5, 5.41) is 16.8. The Morgan fingerprint density at radius 2 is 2.19 bits per heavy atom. The molecule has 0 saturated carbocycles. The van der Waals surface area contributed by atoms with Crippen molar-refractivity contribution in [1.29, 1.82) is 0 Å². The number of ether oxygens (including phenoxy) is 1. The molecule has 1 aliphatic heterocycles. The van der Waals surface area contributed by atoms with E-state index < -0.39 is 4.92 Å². The molecule has 0 aliphatic carbocycles. The number of piperazine rings is 1. The van der Waals surface area contributed by atoms with Gasteiger partial charge < -0.3 is 15.4 Å². The molecule has 1 aromatic carbocycles. The molecule has 2 N–H and O–H groups in total. The summed E-state index contributed by atoms with van der Waals surface area (Å²) in [6.07, 6.45) is 0. The zero-order valence-corrected chi connectivity index (χ0v) is 11.8. The number of hydrogen-bond donors (Lipinski definition) is 2. The molecule has 1 amide bonds. The number of amides is 1. The average molecular weight is 294 g/mol. The SMILES string of the molecule is COc1ccc(NC(=O)CN2CCNCC2)cc1[N+](=O)[O-]. The van der Waals surface area contributed by atoms with Crippen LogP contribution in [0.4, 0.5) is 11.4 Å². The highest BCUT2D eigenvalue weighted by Gasteiger charge is 2.17. The van der Waals surface area contributed by atoms with Gasteiger partial charge in [-0.3, -0.25) is 19.8 Å². The first-order chi connectivity index (χ1) is 10.1. The van der Waals surface area contributed by atoms with Gasteiger partial charge in [-0.2, -0.15) is 0 Å². The van der Waals surface area contributed by atoms with Gasteiger partial charge in [-0.25, -0.2) is 0 Å². The minimum Gasteiger partial charge on any atom is -0.490 e. The van der Waals surface area contributed by atoms with Crippen LogP contribution < -0.4 is 15.4 Å². The number of carbonyl (C=O) groups is 1. The Morgan fingerprint density at radius 3 is 2.81 bits per heavy atom. The molecule has 0 atom stereocenters.